The highest BCUT2D eigenvalue weighted by atomic mass is 19.4. The molecule has 0 aliphatic heterocycles. The van der Waals surface area contributed by atoms with E-state index in [2.05, 4.69) is 20.6 Å². The maximum atomic E-state index is 14.3. The van der Waals surface area contributed by atoms with Crippen LogP contribution in [-0.4, -0.2) is 28.0 Å². The van der Waals surface area contributed by atoms with Crippen molar-refractivity contribution < 1.29 is 22.4 Å². The number of carbonyl (C=O) groups is 1. The predicted molar refractivity (Wildman–Crippen MR) is 122 cm³/mol. The van der Waals surface area contributed by atoms with E-state index < -0.39 is 17.7 Å². The molecule has 176 valence electrons. The quantitative estimate of drug-likeness (QED) is 0.319. The molecule has 2 atom stereocenters. The van der Waals surface area contributed by atoms with E-state index >= 15 is 0 Å². The second-order valence-electron chi connectivity index (χ2n) is 8.61. The van der Waals surface area contributed by atoms with Gasteiger partial charge in [0.25, 0.3) is 5.91 Å². The number of rotatable bonds is 4. The van der Waals surface area contributed by atoms with Crippen molar-refractivity contribution in [3.8, 4) is 0 Å². The number of alkyl halides is 3. The largest absolute Gasteiger partial charge is 0.433 e. The van der Waals surface area contributed by atoms with E-state index in [1.54, 1.807) is 36.4 Å². The van der Waals surface area contributed by atoms with Gasteiger partial charge in [0.15, 0.2) is 0 Å². The molecule has 34 heavy (non-hydrogen) atoms. The summed E-state index contributed by atoms with van der Waals surface area (Å²) in [6.45, 7) is 0. The van der Waals surface area contributed by atoms with Crippen LogP contribution in [0.2, 0.25) is 0 Å². The van der Waals surface area contributed by atoms with E-state index in [-0.39, 0.29) is 34.5 Å². The zero-order chi connectivity index (χ0) is 23.9. The number of hydrogen-bond acceptors (Lipinski definition) is 3. The number of fused-ring (bicyclic) bond motifs is 2. The monoisotopic (exact) mass is 470 g/mol. The number of anilines is 1. The van der Waals surface area contributed by atoms with Crippen molar-refractivity contribution in [1.82, 2.24) is 15.3 Å². The van der Waals surface area contributed by atoms with Crippen molar-refractivity contribution in [2.75, 3.05) is 5.32 Å². The number of nitrogens with one attached hydrogen (secondary N) is 3. The molecule has 1 aliphatic rings. The van der Waals surface area contributed by atoms with Crippen molar-refractivity contribution in [1.29, 1.82) is 0 Å². The molecule has 5 rings (SSSR count). The number of pyridine rings is 1. The maximum Gasteiger partial charge on any atom is 0.433 e. The maximum absolute atomic E-state index is 14.3. The number of para-hydroxylation sites is 1. The molecule has 1 saturated carbocycles. The van der Waals surface area contributed by atoms with E-state index in [0.717, 1.165) is 25.3 Å². The smallest absolute Gasteiger partial charge is 0.382 e. The second-order valence-corrected chi connectivity index (χ2v) is 8.61. The minimum absolute atomic E-state index is 0.134. The molecule has 5 nitrogen and oxygen atoms in total. The Morgan fingerprint density at radius 2 is 1.85 bits per heavy atom. The Kier molecular flexibility index (Phi) is 5.63. The number of amides is 1. The molecule has 1 fully saturated rings. The molecular weight excluding hydrogens is 448 g/mol. The lowest BCUT2D eigenvalue weighted by molar-refractivity contribution is -0.140. The standard InChI is InChI=1S/C25H22F4N4O/c26-18-8-4-10-20-23(18)17(13-30-20)24(34)32-15-6-3-5-14(11-15)31-21-12-22(25(27,28)29)33-19-9-2-1-7-16(19)21/h1-2,4,7-10,12-15,30H,3,5-6,11H2,(H,31,33)(H,32,34)/t14-,15?/m0/s1. The van der Waals surface area contributed by atoms with E-state index in [0.29, 0.717) is 23.0 Å². The van der Waals surface area contributed by atoms with Gasteiger partial charge in [-0.15, -0.1) is 0 Å². The van der Waals surface area contributed by atoms with E-state index in [1.165, 1.54) is 12.3 Å². The Morgan fingerprint density at radius 3 is 2.68 bits per heavy atom. The van der Waals surface area contributed by atoms with Crippen LogP contribution < -0.4 is 10.6 Å². The number of aromatic amines is 1. The van der Waals surface area contributed by atoms with Crippen LogP contribution in [0.5, 0.6) is 0 Å². The van der Waals surface area contributed by atoms with Crippen LogP contribution >= 0.6 is 0 Å². The van der Waals surface area contributed by atoms with Gasteiger partial charge >= 0.3 is 6.18 Å². The van der Waals surface area contributed by atoms with Crippen molar-refractivity contribution in [3.63, 3.8) is 0 Å². The molecular formula is C25H22F4N4O. The summed E-state index contributed by atoms with van der Waals surface area (Å²) in [4.78, 5) is 19.6. The van der Waals surface area contributed by atoms with Gasteiger partial charge in [-0.05, 0) is 49.9 Å². The average Bonchev–Trinajstić information content (AvgIpc) is 3.24. The number of aromatic nitrogens is 2. The highest BCUT2D eigenvalue weighted by Crippen LogP contribution is 2.34. The van der Waals surface area contributed by atoms with Gasteiger partial charge in [0.1, 0.15) is 11.5 Å². The summed E-state index contributed by atoms with van der Waals surface area (Å²) in [5, 5.41) is 7.08. The first-order chi connectivity index (χ1) is 16.3. The molecule has 2 aromatic carbocycles. The molecule has 4 aromatic rings. The molecule has 1 unspecified atom stereocenters. The minimum atomic E-state index is -4.56. The minimum Gasteiger partial charge on any atom is -0.382 e. The Hall–Kier alpha value is -3.62. The van der Waals surface area contributed by atoms with Crippen LogP contribution in [0.25, 0.3) is 21.8 Å². The third-order valence-electron chi connectivity index (χ3n) is 6.28. The zero-order valence-electron chi connectivity index (χ0n) is 18.0. The molecule has 0 spiro atoms. The zero-order valence-corrected chi connectivity index (χ0v) is 18.0. The number of benzene rings is 2. The summed E-state index contributed by atoms with van der Waals surface area (Å²) in [6, 6.07) is 12.0. The van der Waals surface area contributed by atoms with Crippen LogP contribution in [-0.2, 0) is 6.18 Å². The highest BCUT2D eigenvalue weighted by Gasteiger charge is 2.34. The first kappa shape index (κ1) is 22.2. The van der Waals surface area contributed by atoms with E-state index in [1.807, 2.05) is 0 Å². The number of hydrogen-bond donors (Lipinski definition) is 3. The summed E-state index contributed by atoms with van der Waals surface area (Å²) in [7, 11) is 0. The Labute approximate surface area is 192 Å². The number of carbonyl (C=O) groups excluding carboxylic acids is 1. The predicted octanol–water partition coefficient (Wildman–Crippen LogP) is 6.03. The molecule has 2 aromatic heterocycles. The molecule has 0 radical (unpaired) electrons. The second kappa shape index (κ2) is 8.62. The molecule has 0 bridgehead atoms. The first-order valence-electron chi connectivity index (χ1n) is 11.1. The van der Waals surface area contributed by atoms with Gasteiger partial charge in [0.05, 0.1) is 11.1 Å². The molecule has 1 amide bonds. The van der Waals surface area contributed by atoms with Gasteiger partial charge in [-0.25, -0.2) is 9.37 Å². The molecule has 3 N–H and O–H groups in total. The fourth-order valence-electron chi connectivity index (χ4n) is 4.69. The van der Waals surface area contributed by atoms with Crippen molar-refractivity contribution in [2.45, 2.75) is 43.9 Å². The molecule has 9 heteroatoms. The van der Waals surface area contributed by atoms with Crippen molar-refractivity contribution >= 4 is 33.4 Å². The van der Waals surface area contributed by atoms with Gasteiger partial charge in [-0.3, -0.25) is 4.79 Å². The van der Waals surface area contributed by atoms with E-state index in [4.69, 9.17) is 0 Å². The Bertz CT molecular complexity index is 1360. The van der Waals surface area contributed by atoms with Crippen molar-refractivity contribution in [2.24, 2.45) is 0 Å². The van der Waals surface area contributed by atoms with E-state index in [9.17, 15) is 22.4 Å². The molecule has 2 heterocycles. The normalized spacial score (nSPS) is 18.8. The van der Waals surface area contributed by atoms with Crippen LogP contribution in [0.1, 0.15) is 41.7 Å². The van der Waals surface area contributed by atoms with Crippen LogP contribution in [0.3, 0.4) is 0 Å². The van der Waals surface area contributed by atoms with Gasteiger partial charge < -0.3 is 15.6 Å². The number of H-pyrrole nitrogens is 1. The summed E-state index contributed by atoms with van der Waals surface area (Å²) in [5.41, 5.74) is 0.461. The lowest BCUT2D eigenvalue weighted by Gasteiger charge is -2.31. The topological polar surface area (TPSA) is 69.8 Å². The fraction of sp³-hybridized carbons (Fsp3) is 0.280. The Balaban J connectivity index is 1.34. The summed E-state index contributed by atoms with van der Waals surface area (Å²) >= 11 is 0. The highest BCUT2D eigenvalue weighted by molar-refractivity contribution is 6.07. The van der Waals surface area contributed by atoms with Crippen LogP contribution in [0.4, 0.5) is 23.2 Å². The van der Waals surface area contributed by atoms with Gasteiger partial charge in [-0.1, -0.05) is 24.3 Å². The Morgan fingerprint density at radius 1 is 1.06 bits per heavy atom. The molecule has 1 aliphatic carbocycles. The lowest BCUT2D eigenvalue weighted by Crippen LogP contribution is -2.41. The van der Waals surface area contributed by atoms with Crippen LogP contribution in [0, 0.1) is 5.82 Å². The van der Waals surface area contributed by atoms with Crippen molar-refractivity contribution in [3.05, 3.63) is 71.8 Å². The fourth-order valence-corrected chi connectivity index (χ4v) is 4.69. The summed E-state index contributed by atoms with van der Waals surface area (Å²) in [6.07, 6.45) is -0.248. The number of nitrogens with zero attached hydrogens (tertiary/aromatic N) is 1. The van der Waals surface area contributed by atoms with Crippen LogP contribution in [0.15, 0.2) is 54.7 Å². The lowest BCUT2D eigenvalue weighted by atomic mass is 9.90. The summed E-state index contributed by atoms with van der Waals surface area (Å²) in [5.74, 6) is -0.854. The van der Waals surface area contributed by atoms with Gasteiger partial charge in [-0.2, -0.15) is 13.2 Å². The number of halogens is 4. The first-order valence-corrected chi connectivity index (χ1v) is 11.1. The summed E-state index contributed by atoms with van der Waals surface area (Å²) < 4.78 is 54.4. The third kappa shape index (κ3) is 4.30. The third-order valence-corrected chi connectivity index (χ3v) is 6.28. The molecule has 0 saturated heterocycles. The SMILES string of the molecule is O=C(NC1CCC[C@H](Nc2cc(C(F)(F)F)nc3ccccc23)C1)c1c[nH]c2cccc(F)c12. The average molecular weight is 470 g/mol. The van der Waals surface area contributed by atoms with Gasteiger partial charge in [0.2, 0.25) is 0 Å². The van der Waals surface area contributed by atoms with Gasteiger partial charge in [0, 0.05) is 40.3 Å².